The van der Waals surface area contributed by atoms with Crippen LogP contribution in [0, 0.1) is 0 Å². The SMILES string of the molecule is N[C@H]1CCCN(C(=O)C2(N)Cc3ccccc3C2)C1. The number of likely N-dealkylation sites (tertiary alicyclic amines) is 1. The van der Waals surface area contributed by atoms with Crippen LogP contribution >= 0.6 is 0 Å². The second kappa shape index (κ2) is 4.62. The molecular weight excluding hydrogens is 238 g/mol. The molecule has 1 heterocycles. The predicted octanol–water partition coefficient (Wildman–Crippen LogP) is 0.432. The molecule has 4 heteroatoms. The lowest BCUT2D eigenvalue weighted by Gasteiger charge is -2.36. The Balaban J connectivity index is 1.77. The van der Waals surface area contributed by atoms with E-state index in [1.165, 1.54) is 11.1 Å². The maximum absolute atomic E-state index is 12.7. The van der Waals surface area contributed by atoms with E-state index >= 15 is 0 Å². The number of carbonyl (C=O) groups excluding carboxylic acids is 1. The fraction of sp³-hybridized carbons (Fsp3) is 0.533. The van der Waals surface area contributed by atoms with Crippen molar-refractivity contribution in [3.05, 3.63) is 35.4 Å². The summed E-state index contributed by atoms with van der Waals surface area (Å²) in [6.45, 7) is 1.44. The Morgan fingerprint density at radius 2 is 1.89 bits per heavy atom. The molecule has 0 aromatic heterocycles. The van der Waals surface area contributed by atoms with E-state index in [1.54, 1.807) is 0 Å². The highest BCUT2D eigenvalue weighted by atomic mass is 16.2. The summed E-state index contributed by atoms with van der Waals surface area (Å²) in [6, 6.07) is 8.25. The van der Waals surface area contributed by atoms with Gasteiger partial charge < -0.3 is 16.4 Å². The Labute approximate surface area is 113 Å². The quantitative estimate of drug-likeness (QED) is 0.768. The lowest BCUT2D eigenvalue weighted by molar-refractivity contribution is -0.137. The van der Waals surface area contributed by atoms with E-state index in [9.17, 15) is 4.79 Å². The van der Waals surface area contributed by atoms with Gasteiger partial charge in [-0.15, -0.1) is 0 Å². The molecule has 0 spiro atoms. The number of piperidine rings is 1. The molecule has 1 atom stereocenters. The number of carbonyl (C=O) groups is 1. The summed E-state index contributed by atoms with van der Waals surface area (Å²) in [5.74, 6) is 0.0684. The first-order valence-corrected chi connectivity index (χ1v) is 6.99. The first-order chi connectivity index (χ1) is 9.08. The number of fused-ring (bicyclic) bond motifs is 1. The highest BCUT2D eigenvalue weighted by Crippen LogP contribution is 2.30. The average Bonchev–Trinajstić information content (AvgIpc) is 2.75. The molecule has 0 bridgehead atoms. The van der Waals surface area contributed by atoms with Crippen molar-refractivity contribution in [1.82, 2.24) is 4.90 Å². The van der Waals surface area contributed by atoms with Crippen LogP contribution in [0.1, 0.15) is 24.0 Å². The molecule has 1 aromatic rings. The zero-order chi connectivity index (χ0) is 13.5. The van der Waals surface area contributed by atoms with Crippen LogP contribution in [-0.2, 0) is 17.6 Å². The highest BCUT2D eigenvalue weighted by Gasteiger charge is 2.43. The fourth-order valence-corrected chi connectivity index (χ4v) is 3.31. The third-order valence-corrected chi connectivity index (χ3v) is 4.30. The van der Waals surface area contributed by atoms with Crippen molar-refractivity contribution in [2.45, 2.75) is 37.3 Å². The highest BCUT2D eigenvalue weighted by molar-refractivity contribution is 5.88. The molecule has 2 aliphatic rings. The minimum Gasteiger partial charge on any atom is -0.340 e. The van der Waals surface area contributed by atoms with Gasteiger partial charge in [0, 0.05) is 19.1 Å². The molecule has 102 valence electrons. The van der Waals surface area contributed by atoms with Gasteiger partial charge >= 0.3 is 0 Å². The van der Waals surface area contributed by atoms with Crippen molar-refractivity contribution < 1.29 is 4.79 Å². The van der Waals surface area contributed by atoms with E-state index in [1.807, 2.05) is 17.0 Å². The van der Waals surface area contributed by atoms with Crippen molar-refractivity contribution in [1.29, 1.82) is 0 Å². The summed E-state index contributed by atoms with van der Waals surface area (Å²) in [7, 11) is 0. The fourth-order valence-electron chi connectivity index (χ4n) is 3.31. The summed E-state index contributed by atoms with van der Waals surface area (Å²) < 4.78 is 0. The van der Waals surface area contributed by atoms with E-state index in [2.05, 4.69) is 12.1 Å². The van der Waals surface area contributed by atoms with Crippen LogP contribution in [0.3, 0.4) is 0 Å². The van der Waals surface area contributed by atoms with Crippen molar-refractivity contribution >= 4 is 5.91 Å². The van der Waals surface area contributed by atoms with E-state index < -0.39 is 5.54 Å². The summed E-state index contributed by atoms with van der Waals surface area (Å²) in [5.41, 5.74) is 14.0. The topological polar surface area (TPSA) is 72.3 Å². The minimum absolute atomic E-state index is 0.0684. The van der Waals surface area contributed by atoms with Gasteiger partial charge in [0.1, 0.15) is 5.54 Å². The zero-order valence-corrected chi connectivity index (χ0v) is 11.1. The Morgan fingerprint density at radius 3 is 2.47 bits per heavy atom. The first-order valence-electron chi connectivity index (χ1n) is 6.99. The van der Waals surface area contributed by atoms with E-state index in [0.29, 0.717) is 19.4 Å². The number of hydrogen-bond donors (Lipinski definition) is 2. The normalized spacial score (nSPS) is 25.2. The van der Waals surface area contributed by atoms with Gasteiger partial charge in [0.2, 0.25) is 5.91 Å². The zero-order valence-electron chi connectivity index (χ0n) is 11.1. The smallest absolute Gasteiger partial charge is 0.243 e. The Kier molecular flexibility index (Phi) is 3.07. The molecule has 3 rings (SSSR count). The molecule has 0 radical (unpaired) electrons. The lowest BCUT2D eigenvalue weighted by atomic mass is 9.93. The van der Waals surface area contributed by atoms with Crippen LogP contribution < -0.4 is 11.5 Å². The average molecular weight is 259 g/mol. The molecule has 1 fully saturated rings. The third kappa shape index (κ3) is 2.26. The summed E-state index contributed by atoms with van der Waals surface area (Å²) in [5, 5.41) is 0. The number of nitrogens with two attached hydrogens (primary N) is 2. The van der Waals surface area contributed by atoms with Crippen LogP contribution in [0.15, 0.2) is 24.3 Å². The number of hydrogen-bond acceptors (Lipinski definition) is 3. The molecule has 1 aliphatic heterocycles. The van der Waals surface area contributed by atoms with Gasteiger partial charge in [0.25, 0.3) is 0 Å². The number of amides is 1. The molecule has 4 nitrogen and oxygen atoms in total. The Hall–Kier alpha value is -1.39. The maximum atomic E-state index is 12.7. The maximum Gasteiger partial charge on any atom is 0.243 e. The largest absolute Gasteiger partial charge is 0.340 e. The van der Waals surface area contributed by atoms with Gasteiger partial charge in [0.05, 0.1) is 0 Å². The van der Waals surface area contributed by atoms with Crippen LogP contribution in [-0.4, -0.2) is 35.5 Å². The van der Waals surface area contributed by atoms with Crippen LogP contribution in [0.5, 0.6) is 0 Å². The molecule has 0 unspecified atom stereocenters. The van der Waals surface area contributed by atoms with Crippen LogP contribution in [0.2, 0.25) is 0 Å². The van der Waals surface area contributed by atoms with Gasteiger partial charge in [-0.2, -0.15) is 0 Å². The van der Waals surface area contributed by atoms with E-state index in [0.717, 1.165) is 19.4 Å². The minimum atomic E-state index is -0.763. The number of benzene rings is 1. The standard InChI is InChI=1S/C15H21N3O/c16-13-6-3-7-18(10-13)14(19)15(17)8-11-4-1-2-5-12(11)9-15/h1-2,4-5,13H,3,6-10,16-17H2/t13-/m0/s1. The van der Waals surface area contributed by atoms with Crippen LogP contribution in [0.4, 0.5) is 0 Å². The van der Waals surface area contributed by atoms with Gasteiger partial charge in [-0.1, -0.05) is 24.3 Å². The molecular formula is C15H21N3O. The van der Waals surface area contributed by atoms with Crippen molar-refractivity contribution in [3.63, 3.8) is 0 Å². The summed E-state index contributed by atoms with van der Waals surface area (Å²) >= 11 is 0. The summed E-state index contributed by atoms with van der Waals surface area (Å²) in [6.07, 6.45) is 3.28. The molecule has 1 aliphatic carbocycles. The van der Waals surface area contributed by atoms with Crippen molar-refractivity contribution in [2.75, 3.05) is 13.1 Å². The molecule has 1 aromatic carbocycles. The lowest BCUT2D eigenvalue weighted by Crippen LogP contribution is -2.59. The van der Waals surface area contributed by atoms with Crippen molar-refractivity contribution in [3.8, 4) is 0 Å². The summed E-state index contributed by atoms with van der Waals surface area (Å²) in [4.78, 5) is 14.5. The van der Waals surface area contributed by atoms with Gasteiger partial charge in [0.15, 0.2) is 0 Å². The third-order valence-electron chi connectivity index (χ3n) is 4.30. The molecule has 1 saturated heterocycles. The molecule has 19 heavy (non-hydrogen) atoms. The molecule has 1 amide bonds. The number of nitrogens with zero attached hydrogens (tertiary/aromatic N) is 1. The van der Waals surface area contributed by atoms with Crippen LogP contribution in [0.25, 0.3) is 0 Å². The Bertz CT molecular complexity index is 475. The monoisotopic (exact) mass is 259 g/mol. The van der Waals surface area contributed by atoms with Gasteiger partial charge in [-0.25, -0.2) is 0 Å². The van der Waals surface area contributed by atoms with E-state index in [4.69, 9.17) is 11.5 Å². The molecule has 0 saturated carbocycles. The van der Waals surface area contributed by atoms with Crippen molar-refractivity contribution in [2.24, 2.45) is 11.5 Å². The molecule has 4 N–H and O–H groups in total. The number of rotatable bonds is 1. The van der Waals surface area contributed by atoms with E-state index in [-0.39, 0.29) is 11.9 Å². The van der Waals surface area contributed by atoms with Gasteiger partial charge in [-0.05, 0) is 36.8 Å². The Morgan fingerprint density at radius 1 is 1.26 bits per heavy atom. The second-order valence-corrected chi connectivity index (χ2v) is 5.93. The first kappa shape index (κ1) is 12.6. The second-order valence-electron chi connectivity index (χ2n) is 5.93. The predicted molar refractivity (Wildman–Crippen MR) is 74.6 cm³/mol. The van der Waals surface area contributed by atoms with Gasteiger partial charge in [-0.3, -0.25) is 4.79 Å².